The first kappa shape index (κ1) is 14.9. The van der Waals surface area contributed by atoms with Gasteiger partial charge in [-0.25, -0.2) is 13.2 Å². The SMILES string of the molecule is O=C(C1CC(=O)N(c2ccc(F)c(F)c2F)C1)N1CCCC1. The molecule has 0 aliphatic carbocycles. The van der Waals surface area contributed by atoms with Gasteiger partial charge < -0.3 is 9.80 Å². The second kappa shape index (κ2) is 5.62. The molecule has 1 atom stereocenters. The Morgan fingerprint density at radius 1 is 1.09 bits per heavy atom. The molecular weight excluding hydrogens is 297 g/mol. The van der Waals surface area contributed by atoms with Crippen molar-refractivity contribution in [3.63, 3.8) is 0 Å². The van der Waals surface area contributed by atoms with Gasteiger partial charge in [0.05, 0.1) is 11.6 Å². The third-order valence-electron chi connectivity index (χ3n) is 4.20. The summed E-state index contributed by atoms with van der Waals surface area (Å²) in [6, 6.07) is 1.80. The molecule has 2 heterocycles. The van der Waals surface area contributed by atoms with Crippen LogP contribution >= 0.6 is 0 Å². The molecule has 1 aromatic carbocycles. The maximum absolute atomic E-state index is 13.8. The highest BCUT2D eigenvalue weighted by molar-refractivity contribution is 6.00. The molecule has 0 radical (unpaired) electrons. The number of hydrogen-bond donors (Lipinski definition) is 0. The number of carbonyl (C=O) groups is 2. The van der Waals surface area contributed by atoms with Gasteiger partial charge in [-0.05, 0) is 25.0 Å². The van der Waals surface area contributed by atoms with Crippen LogP contribution in [0.3, 0.4) is 0 Å². The summed E-state index contributed by atoms with van der Waals surface area (Å²) in [5.74, 6) is -5.46. The second-order valence-electron chi connectivity index (χ2n) is 5.63. The van der Waals surface area contributed by atoms with Crippen LogP contribution in [0.25, 0.3) is 0 Å². The van der Waals surface area contributed by atoms with E-state index in [0.717, 1.165) is 29.9 Å². The fourth-order valence-corrected chi connectivity index (χ4v) is 3.03. The lowest BCUT2D eigenvalue weighted by atomic mass is 10.1. The summed E-state index contributed by atoms with van der Waals surface area (Å²) in [7, 11) is 0. The van der Waals surface area contributed by atoms with Crippen molar-refractivity contribution >= 4 is 17.5 Å². The van der Waals surface area contributed by atoms with Gasteiger partial charge in [0.15, 0.2) is 17.5 Å². The maximum Gasteiger partial charge on any atom is 0.228 e. The van der Waals surface area contributed by atoms with Gasteiger partial charge in [0, 0.05) is 26.1 Å². The van der Waals surface area contributed by atoms with Gasteiger partial charge in [-0.3, -0.25) is 9.59 Å². The number of anilines is 1. The molecule has 0 saturated carbocycles. The number of rotatable bonds is 2. The number of hydrogen-bond acceptors (Lipinski definition) is 2. The molecular formula is C15H15F3N2O2. The Bertz CT molecular complexity index is 629. The first-order chi connectivity index (χ1) is 10.5. The third-order valence-corrected chi connectivity index (χ3v) is 4.20. The Balaban J connectivity index is 1.80. The minimum absolute atomic E-state index is 0.00381. The van der Waals surface area contributed by atoms with Gasteiger partial charge in [0.1, 0.15) is 0 Å². The van der Waals surface area contributed by atoms with Gasteiger partial charge in [-0.15, -0.1) is 0 Å². The average molecular weight is 312 g/mol. The Morgan fingerprint density at radius 3 is 2.45 bits per heavy atom. The quantitative estimate of drug-likeness (QED) is 0.785. The number of carbonyl (C=O) groups excluding carboxylic acids is 2. The van der Waals surface area contributed by atoms with E-state index in [1.807, 2.05) is 0 Å². The molecule has 4 nitrogen and oxygen atoms in total. The standard InChI is InChI=1S/C15H15F3N2O2/c16-10-3-4-11(14(18)13(10)17)20-8-9(7-12(20)21)15(22)19-5-1-2-6-19/h3-4,9H,1-2,5-8H2. The first-order valence-corrected chi connectivity index (χ1v) is 7.21. The van der Waals surface area contributed by atoms with Gasteiger partial charge in [-0.2, -0.15) is 0 Å². The number of amides is 2. The lowest BCUT2D eigenvalue weighted by Gasteiger charge is -2.21. The predicted molar refractivity (Wildman–Crippen MR) is 72.6 cm³/mol. The van der Waals surface area contributed by atoms with Crippen LogP contribution in [0.2, 0.25) is 0 Å². The minimum Gasteiger partial charge on any atom is -0.342 e. The largest absolute Gasteiger partial charge is 0.342 e. The summed E-state index contributed by atoms with van der Waals surface area (Å²) >= 11 is 0. The minimum atomic E-state index is -1.61. The summed E-state index contributed by atoms with van der Waals surface area (Å²) < 4.78 is 40.1. The zero-order chi connectivity index (χ0) is 15.9. The number of likely N-dealkylation sites (tertiary alicyclic amines) is 1. The normalized spacial score (nSPS) is 21.8. The molecule has 2 aliphatic rings. The molecule has 3 rings (SSSR count). The van der Waals surface area contributed by atoms with Crippen LogP contribution < -0.4 is 4.90 Å². The molecule has 1 unspecified atom stereocenters. The predicted octanol–water partition coefficient (Wildman–Crippen LogP) is 2.08. The highest BCUT2D eigenvalue weighted by atomic mass is 19.2. The van der Waals surface area contributed by atoms with Crippen LogP contribution in [-0.4, -0.2) is 36.3 Å². The van der Waals surface area contributed by atoms with Gasteiger partial charge in [0.25, 0.3) is 0 Å². The molecule has 2 fully saturated rings. The van der Waals surface area contributed by atoms with Crippen LogP contribution in [0.1, 0.15) is 19.3 Å². The molecule has 0 aromatic heterocycles. The van der Waals surface area contributed by atoms with Crippen LogP contribution in [0, 0.1) is 23.4 Å². The van der Waals surface area contributed by atoms with E-state index in [0.29, 0.717) is 13.1 Å². The number of benzene rings is 1. The van der Waals surface area contributed by atoms with E-state index in [9.17, 15) is 22.8 Å². The van der Waals surface area contributed by atoms with Crippen molar-refractivity contribution in [1.29, 1.82) is 0 Å². The third kappa shape index (κ3) is 2.44. The van der Waals surface area contributed by atoms with E-state index in [1.165, 1.54) is 0 Å². The van der Waals surface area contributed by atoms with Crippen LogP contribution in [-0.2, 0) is 9.59 Å². The first-order valence-electron chi connectivity index (χ1n) is 7.21. The highest BCUT2D eigenvalue weighted by Crippen LogP contribution is 2.30. The number of halogens is 3. The summed E-state index contributed by atoms with van der Waals surface area (Å²) in [5.41, 5.74) is -0.319. The van der Waals surface area contributed by atoms with Crippen molar-refractivity contribution in [3.8, 4) is 0 Å². The van der Waals surface area contributed by atoms with Gasteiger partial charge in [0.2, 0.25) is 11.8 Å². The Kier molecular flexibility index (Phi) is 3.80. The van der Waals surface area contributed by atoms with Crippen molar-refractivity contribution in [3.05, 3.63) is 29.6 Å². The van der Waals surface area contributed by atoms with Crippen molar-refractivity contribution in [1.82, 2.24) is 4.90 Å². The maximum atomic E-state index is 13.8. The molecule has 2 aliphatic heterocycles. The highest BCUT2D eigenvalue weighted by Gasteiger charge is 2.39. The molecule has 0 spiro atoms. The van der Waals surface area contributed by atoms with Crippen LogP contribution in [0.15, 0.2) is 12.1 Å². The van der Waals surface area contributed by atoms with E-state index in [-0.39, 0.29) is 24.6 Å². The zero-order valence-electron chi connectivity index (χ0n) is 11.8. The van der Waals surface area contributed by atoms with Crippen LogP contribution in [0.4, 0.5) is 18.9 Å². The molecule has 118 valence electrons. The summed E-state index contributed by atoms with van der Waals surface area (Å²) in [6.07, 6.45) is 1.84. The van der Waals surface area contributed by atoms with E-state index in [1.54, 1.807) is 4.90 Å². The van der Waals surface area contributed by atoms with Crippen molar-refractivity contribution in [2.45, 2.75) is 19.3 Å². The lowest BCUT2D eigenvalue weighted by Crippen LogP contribution is -2.35. The molecule has 0 N–H and O–H groups in total. The summed E-state index contributed by atoms with van der Waals surface area (Å²) in [5, 5.41) is 0. The summed E-state index contributed by atoms with van der Waals surface area (Å²) in [6.45, 7) is 1.34. The topological polar surface area (TPSA) is 40.6 Å². The van der Waals surface area contributed by atoms with E-state index in [4.69, 9.17) is 0 Å². The van der Waals surface area contributed by atoms with Gasteiger partial charge in [-0.1, -0.05) is 0 Å². The fourth-order valence-electron chi connectivity index (χ4n) is 3.03. The van der Waals surface area contributed by atoms with Crippen LogP contribution in [0.5, 0.6) is 0 Å². The Morgan fingerprint density at radius 2 is 1.77 bits per heavy atom. The average Bonchev–Trinajstić information content (AvgIpc) is 3.14. The van der Waals surface area contributed by atoms with Crippen molar-refractivity contribution in [2.24, 2.45) is 5.92 Å². The molecule has 1 aromatic rings. The second-order valence-corrected chi connectivity index (χ2v) is 5.63. The molecule has 2 saturated heterocycles. The molecule has 7 heteroatoms. The number of nitrogens with zero attached hydrogens (tertiary/aromatic N) is 2. The molecule has 2 amide bonds. The summed E-state index contributed by atoms with van der Waals surface area (Å²) in [4.78, 5) is 27.0. The van der Waals surface area contributed by atoms with Gasteiger partial charge >= 0.3 is 0 Å². The molecule has 22 heavy (non-hydrogen) atoms. The van der Waals surface area contributed by atoms with Crippen molar-refractivity contribution in [2.75, 3.05) is 24.5 Å². The molecule has 0 bridgehead atoms. The smallest absolute Gasteiger partial charge is 0.228 e. The fraction of sp³-hybridized carbons (Fsp3) is 0.467. The van der Waals surface area contributed by atoms with Crippen molar-refractivity contribution < 1.29 is 22.8 Å². The van der Waals surface area contributed by atoms with E-state index >= 15 is 0 Å². The monoisotopic (exact) mass is 312 g/mol. The zero-order valence-corrected chi connectivity index (χ0v) is 11.8. The Labute approximate surface area is 125 Å². The Hall–Kier alpha value is -2.05. The van der Waals surface area contributed by atoms with E-state index < -0.39 is 29.3 Å². The van der Waals surface area contributed by atoms with E-state index in [2.05, 4.69) is 0 Å². The lowest BCUT2D eigenvalue weighted by molar-refractivity contribution is -0.134.